The highest BCUT2D eigenvalue weighted by Crippen LogP contribution is 2.18. The van der Waals surface area contributed by atoms with Gasteiger partial charge in [0.15, 0.2) is 5.82 Å². The van der Waals surface area contributed by atoms with Crippen LogP contribution in [0.5, 0.6) is 0 Å². The van der Waals surface area contributed by atoms with Crippen molar-refractivity contribution in [3.8, 4) is 11.5 Å². The van der Waals surface area contributed by atoms with Crippen LogP contribution in [0.2, 0.25) is 0 Å². The third-order valence-corrected chi connectivity index (χ3v) is 3.78. The van der Waals surface area contributed by atoms with E-state index in [1.807, 2.05) is 49.4 Å². The molecule has 0 aliphatic rings. The van der Waals surface area contributed by atoms with Gasteiger partial charge >= 0.3 is 0 Å². The number of aromatic nitrogens is 4. The highest BCUT2D eigenvalue weighted by atomic mass is 16.5. The molecule has 0 unspecified atom stereocenters. The van der Waals surface area contributed by atoms with Gasteiger partial charge < -0.3 is 4.52 Å². The van der Waals surface area contributed by atoms with Crippen molar-refractivity contribution >= 4 is 10.9 Å². The lowest BCUT2D eigenvalue weighted by Gasteiger charge is -2.03. The van der Waals surface area contributed by atoms with E-state index in [1.54, 1.807) is 6.07 Å². The molecule has 0 amide bonds. The Balaban J connectivity index is 1.67. The van der Waals surface area contributed by atoms with Crippen LogP contribution in [0.25, 0.3) is 22.4 Å². The second-order valence-electron chi connectivity index (χ2n) is 5.58. The predicted octanol–water partition coefficient (Wildman–Crippen LogP) is 2.80. The summed E-state index contributed by atoms with van der Waals surface area (Å²) < 4.78 is 6.79. The maximum absolute atomic E-state index is 12.5. The molecule has 0 atom stereocenters. The summed E-state index contributed by atoms with van der Waals surface area (Å²) in [7, 11) is 0. The SMILES string of the molecule is Cc1cccc(-c2nc(Cn3cnc4ccccc4c3=O)no2)c1. The number of para-hydroxylation sites is 1. The zero-order valence-corrected chi connectivity index (χ0v) is 13.0. The van der Waals surface area contributed by atoms with Gasteiger partial charge in [-0.1, -0.05) is 35.0 Å². The van der Waals surface area contributed by atoms with Crippen LogP contribution in [0.1, 0.15) is 11.4 Å². The fourth-order valence-corrected chi connectivity index (χ4v) is 2.58. The maximum Gasteiger partial charge on any atom is 0.261 e. The third kappa shape index (κ3) is 2.58. The molecule has 0 radical (unpaired) electrons. The van der Waals surface area contributed by atoms with Crippen molar-refractivity contribution in [2.45, 2.75) is 13.5 Å². The Kier molecular flexibility index (Phi) is 3.42. The molecule has 0 spiro atoms. The minimum absolute atomic E-state index is 0.123. The minimum atomic E-state index is -0.123. The zero-order chi connectivity index (χ0) is 16.5. The first kappa shape index (κ1) is 14.3. The van der Waals surface area contributed by atoms with Crippen LogP contribution in [0.4, 0.5) is 0 Å². The van der Waals surface area contributed by atoms with Gasteiger partial charge in [-0.2, -0.15) is 4.98 Å². The van der Waals surface area contributed by atoms with Crippen LogP contribution in [-0.2, 0) is 6.54 Å². The topological polar surface area (TPSA) is 73.8 Å². The Hall–Kier alpha value is -3.28. The quantitative estimate of drug-likeness (QED) is 0.581. The Morgan fingerprint density at radius 1 is 1.12 bits per heavy atom. The summed E-state index contributed by atoms with van der Waals surface area (Å²) in [6, 6.07) is 15.1. The molecule has 0 aliphatic carbocycles. The number of hydrogen-bond acceptors (Lipinski definition) is 5. The Morgan fingerprint density at radius 3 is 2.88 bits per heavy atom. The second kappa shape index (κ2) is 5.73. The average molecular weight is 318 g/mol. The number of fused-ring (bicyclic) bond motifs is 1. The molecular formula is C18H14N4O2. The van der Waals surface area contributed by atoms with Crippen LogP contribution in [-0.4, -0.2) is 19.7 Å². The molecule has 4 aromatic rings. The Labute approximate surface area is 137 Å². The van der Waals surface area contributed by atoms with E-state index in [2.05, 4.69) is 15.1 Å². The summed E-state index contributed by atoms with van der Waals surface area (Å²) in [6.45, 7) is 2.22. The normalized spacial score (nSPS) is 11.0. The second-order valence-corrected chi connectivity index (χ2v) is 5.58. The maximum atomic E-state index is 12.5. The van der Waals surface area contributed by atoms with E-state index in [0.717, 1.165) is 11.1 Å². The van der Waals surface area contributed by atoms with Crippen molar-refractivity contribution < 1.29 is 4.52 Å². The molecular weight excluding hydrogens is 304 g/mol. The smallest absolute Gasteiger partial charge is 0.261 e. The molecule has 6 nitrogen and oxygen atoms in total. The van der Waals surface area contributed by atoms with E-state index in [0.29, 0.717) is 22.6 Å². The Morgan fingerprint density at radius 2 is 2.00 bits per heavy atom. The van der Waals surface area contributed by atoms with Gasteiger partial charge in [0, 0.05) is 5.56 Å². The minimum Gasteiger partial charge on any atom is -0.334 e. The number of nitrogens with zero attached hydrogens (tertiary/aromatic N) is 4. The highest BCUT2D eigenvalue weighted by molar-refractivity contribution is 5.76. The predicted molar refractivity (Wildman–Crippen MR) is 89.6 cm³/mol. The monoisotopic (exact) mass is 318 g/mol. The van der Waals surface area contributed by atoms with Crippen molar-refractivity contribution in [2.24, 2.45) is 0 Å². The third-order valence-electron chi connectivity index (χ3n) is 3.78. The van der Waals surface area contributed by atoms with E-state index < -0.39 is 0 Å². The molecule has 0 aliphatic heterocycles. The number of benzene rings is 2. The standard InChI is InChI=1S/C18H14N4O2/c1-12-5-4-6-13(9-12)17-20-16(21-24-17)10-22-11-19-15-8-3-2-7-14(15)18(22)23/h2-9,11H,10H2,1H3. The summed E-state index contributed by atoms with van der Waals surface area (Å²) in [5.74, 6) is 0.876. The van der Waals surface area contributed by atoms with E-state index in [1.165, 1.54) is 10.9 Å². The molecule has 2 heterocycles. The first-order chi connectivity index (χ1) is 11.7. The molecule has 0 saturated carbocycles. The fraction of sp³-hybridized carbons (Fsp3) is 0.111. The van der Waals surface area contributed by atoms with Crippen molar-refractivity contribution in [2.75, 3.05) is 0 Å². The average Bonchev–Trinajstić information content (AvgIpc) is 3.06. The molecule has 118 valence electrons. The van der Waals surface area contributed by atoms with Gasteiger partial charge in [0.1, 0.15) is 0 Å². The summed E-state index contributed by atoms with van der Waals surface area (Å²) >= 11 is 0. The van der Waals surface area contributed by atoms with Crippen LogP contribution in [0, 0.1) is 6.92 Å². The van der Waals surface area contributed by atoms with E-state index in [9.17, 15) is 4.79 Å². The van der Waals surface area contributed by atoms with Gasteiger partial charge in [0.25, 0.3) is 11.4 Å². The summed E-state index contributed by atoms with van der Waals surface area (Å²) in [6.07, 6.45) is 1.51. The fourth-order valence-electron chi connectivity index (χ4n) is 2.58. The molecule has 2 aromatic carbocycles. The van der Waals surface area contributed by atoms with Gasteiger partial charge in [-0.05, 0) is 31.2 Å². The molecule has 0 N–H and O–H groups in total. The molecule has 6 heteroatoms. The summed E-state index contributed by atoms with van der Waals surface area (Å²) in [5, 5.41) is 4.54. The van der Waals surface area contributed by atoms with Crippen LogP contribution in [0.3, 0.4) is 0 Å². The van der Waals surface area contributed by atoms with Crippen molar-refractivity contribution in [1.29, 1.82) is 0 Å². The van der Waals surface area contributed by atoms with Gasteiger partial charge in [-0.3, -0.25) is 9.36 Å². The first-order valence-electron chi connectivity index (χ1n) is 7.54. The van der Waals surface area contributed by atoms with E-state index in [-0.39, 0.29) is 12.1 Å². The number of rotatable bonds is 3. The summed E-state index contributed by atoms with van der Waals surface area (Å²) in [5.41, 5.74) is 2.52. The lowest BCUT2D eigenvalue weighted by atomic mass is 10.1. The van der Waals surface area contributed by atoms with Crippen molar-refractivity contribution in [3.05, 3.63) is 76.6 Å². The molecule has 4 rings (SSSR count). The van der Waals surface area contributed by atoms with Crippen LogP contribution < -0.4 is 5.56 Å². The van der Waals surface area contributed by atoms with Gasteiger partial charge in [-0.15, -0.1) is 0 Å². The number of hydrogen-bond donors (Lipinski definition) is 0. The lowest BCUT2D eigenvalue weighted by Crippen LogP contribution is -2.21. The van der Waals surface area contributed by atoms with Gasteiger partial charge in [-0.25, -0.2) is 4.98 Å². The van der Waals surface area contributed by atoms with E-state index >= 15 is 0 Å². The van der Waals surface area contributed by atoms with E-state index in [4.69, 9.17) is 4.52 Å². The lowest BCUT2D eigenvalue weighted by molar-refractivity contribution is 0.420. The van der Waals surface area contributed by atoms with Gasteiger partial charge in [0.05, 0.1) is 23.8 Å². The highest BCUT2D eigenvalue weighted by Gasteiger charge is 2.11. The largest absolute Gasteiger partial charge is 0.334 e. The zero-order valence-electron chi connectivity index (χ0n) is 13.0. The van der Waals surface area contributed by atoms with Crippen molar-refractivity contribution in [3.63, 3.8) is 0 Å². The van der Waals surface area contributed by atoms with Crippen LogP contribution in [0.15, 0.2) is 64.2 Å². The molecule has 24 heavy (non-hydrogen) atoms. The molecule has 0 saturated heterocycles. The summed E-state index contributed by atoms with van der Waals surface area (Å²) in [4.78, 5) is 21.2. The van der Waals surface area contributed by atoms with Gasteiger partial charge in [0.2, 0.25) is 0 Å². The molecule has 0 fully saturated rings. The Bertz CT molecular complexity index is 1080. The van der Waals surface area contributed by atoms with Crippen LogP contribution >= 0.6 is 0 Å². The first-order valence-corrected chi connectivity index (χ1v) is 7.54. The van der Waals surface area contributed by atoms with Crippen molar-refractivity contribution in [1.82, 2.24) is 19.7 Å². The molecule has 0 bridgehead atoms. The molecule has 2 aromatic heterocycles. The number of aryl methyl sites for hydroxylation is 1.